The number of nitrogens with zero attached hydrogens (tertiary/aromatic N) is 4. The summed E-state index contributed by atoms with van der Waals surface area (Å²) in [5, 5.41) is 36.1. The van der Waals surface area contributed by atoms with E-state index in [4.69, 9.17) is 0 Å². The lowest BCUT2D eigenvalue weighted by Gasteiger charge is -2.12. The number of amides is 2. The Morgan fingerprint density at radius 1 is 0.632 bits per heavy atom. The van der Waals surface area contributed by atoms with Gasteiger partial charge < -0.3 is 10.6 Å². The van der Waals surface area contributed by atoms with E-state index >= 15 is 0 Å². The Bertz CT molecular complexity index is 1570. The molecule has 0 aliphatic rings. The van der Waals surface area contributed by atoms with Crippen LogP contribution in [0.15, 0.2) is 107 Å². The minimum Gasteiger partial charge on any atom is -0.322 e. The fraction of sp³-hybridized carbons (Fsp3) is 0. The molecule has 2 N–H and O–H groups in total. The van der Waals surface area contributed by atoms with Crippen LogP contribution in [0.1, 0.15) is 20.7 Å². The molecule has 0 aromatic heterocycles. The number of para-hydroxylation sites is 2. The lowest BCUT2D eigenvalue weighted by atomic mass is 10.1. The minimum atomic E-state index is -0.782. The first-order valence-corrected chi connectivity index (χ1v) is 11.0. The second-order valence-corrected chi connectivity index (χ2v) is 7.72. The van der Waals surface area contributed by atoms with Crippen LogP contribution in [0, 0.1) is 20.2 Å². The third-order valence-electron chi connectivity index (χ3n) is 5.22. The summed E-state index contributed by atoms with van der Waals surface area (Å²) in [7, 11) is 0. The van der Waals surface area contributed by atoms with Crippen molar-refractivity contribution in [1.82, 2.24) is 0 Å². The summed E-state index contributed by atoms with van der Waals surface area (Å²) in [6.45, 7) is 0. The fourth-order valence-corrected chi connectivity index (χ4v) is 3.45. The molecule has 0 heterocycles. The van der Waals surface area contributed by atoms with Crippen molar-refractivity contribution in [2.75, 3.05) is 10.6 Å². The number of hydrogen-bond acceptors (Lipinski definition) is 8. The van der Waals surface area contributed by atoms with Gasteiger partial charge in [0.1, 0.15) is 16.8 Å². The molecule has 4 rings (SSSR count). The third kappa shape index (κ3) is 5.88. The highest BCUT2D eigenvalue weighted by atomic mass is 16.6. The van der Waals surface area contributed by atoms with E-state index in [2.05, 4.69) is 20.9 Å². The van der Waals surface area contributed by atoms with Crippen LogP contribution in [0.5, 0.6) is 0 Å². The Balaban J connectivity index is 1.69. The Morgan fingerprint density at radius 3 is 1.74 bits per heavy atom. The maximum absolute atomic E-state index is 13.0. The summed E-state index contributed by atoms with van der Waals surface area (Å²) in [6, 6.07) is 24.0. The summed E-state index contributed by atoms with van der Waals surface area (Å²) in [4.78, 5) is 47.1. The van der Waals surface area contributed by atoms with Gasteiger partial charge in [-0.3, -0.25) is 29.8 Å². The number of hydrogen-bond donors (Lipinski definition) is 2. The average Bonchev–Trinajstić information content (AvgIpc) is 2.93. The van der Waals surface area contributed by atoms with Crippen LogP contribution in [0.2, 0.25) is 0 Å². The van der Waals surface area contributed by atoms with Crippen LogP contribution in [-0.4, -0.2) is 21.7 Å². The van der Waals surface area contributed by atoms with Gasteiger partial charge in [-0.05, 0) is 42.5 Å². The maximum Gasteiger partial charge on any atom is 0.282 e. The smallest absolute Gasteiger partial charge is 0.282 e. The maximum atomic E-state index is 13.0. The van der Waals surface area contributed by atoms with E-state index in [0.717, 1.165) is 0 Å². The topological polar surface area (TPSA) is 169 Å². The van der Waals surface area contributed by atoms with E-state index in [-0.39, 0.29) is 33.9 Å². The Kier molecular flexibility index (Phi) is 7.53. The van der Waals surface area contributed by atoms with Crippen molar-refractivity contribution in [3.05, 3.63) is 128 Å². The van der Waals surface area contributed by atoms with Crippen molar-refractivity contribution in [2.24, 2.45) is 10.2 Å². The fourth-order valence-electron chi connectivity index (χ4n) is 3.45. The first-order chi connectivity index (χ1) is 18.3. The average molecular weight is 510 g/mol. The molecule has 0 fully saturated rings. The van der Waals surface area contributed by atoms with Crippen LogP contribution in [0.25, 0.3) is 0 Å². The van der Waals surface area contributed by atoms with Crippen molar-refractivity contribution in [3.63, 3.8) is 0 Å². The zero-order chi connectivity index (χ0) is 27.1. The molecule has 0 unspecified atom stereocenters. The zero-order valence-corrected chi connectivity index (χ0v) is 19.5. The number of carbonyl (C=O) groups excluding carboxylic acids is 2. The Morgan fingerprint density at radius 2 is 1.16 bits per heavy atom. The van der Waals surface area contributed by atoms with E-state index < -0.39 is 27.3 Å². The molecule has 0 aliphatic carbocycles. The molecule has 4 aromatic carbocycles. The van der Waals surface area contributed by atoms with Gasteiger partial charge >= 0.3 is 0 Å². The van der Waals surface area contributed by atoms with Crippen LogP contribution in [0.3, 0.4) is 0 Å². The normalized spacial score (nSPS) is 10.6. The summed E-state index contributed by atoms with van der Waals surface area (Å²) in [5.74, 6) is -1.53. The molecule has 0 atom stereocenters. The van der Waals surface area contributed by atoms with Gasteiger partial charge in [-0.1, -0.05) is 42.5 Å². The molecule has 0 saturated heterocycles. The van der Waals surface area contributed by atoms with E-state index in [1.165, 1.54) is 66.7 Å². The van der Waals surface area contributed by atoms with Crippen molar-refractivity contribution >= 4 is 45.9 Å². The van der Waals surface area contributed by atoms with Gasteiger partial charge in [0.05, 0.1) is 21.2 Å². The highest BCUT2D eigenvalue weighted by Gasteiger charge is 2.22. The molecule has 4 aromatic rings. The van der Waals surface area contributed by atoms with Crippen LogP contribution < -0.4 is 10.6 Å². The molecule has 12 nitrogen and oxygen atoms in total. The summed E-state index contributed by atoms with van der Waals surface area (Å²) < 4.78 is 0. The van der Waals surface area contributed by atoms with Gasteiger partial charge in [-0.15, -0.1) is 5.11 Å². The number of rotatable bonds is 8. The van der Waals surface area contributed by atoms with Crippen LogP contribution >= 0.6 is 0 Å². The number of anilines is 2. The van der Waals surface area contributed by atoms with Gasteiger partial charge in [0.15, 0.2) is 0 Å². The molecule has 0 spiro atoms. The van der Waals surface area contributed by atoms with E-state index in [9.17, 15) is 29.8 Å². The van der Waals surface area contributed by atoms with Crippen molar-refractivity contribution < 1.29 is 19.4 Å². The molecule has 12 heteroatoms. The predicted octanol–water partition coefficient (Wildman–Crippen LogP) is 6.42. The summed E-state index contributed by atoms with van der Waals surface area (Å²) in [5.41, 5.74) is -0.0882. The van der Waals surface area contributed by atoms with Gasteiger partial charge in [-0.2, -0.15) is 5.11 Å². The first-order valence-electron chi connectivity index (χ1n) is 11.0. The second-order valence-electron chi connectivity index (χ2n) is 7.72. The molecular weight excluding hydrogens is 492 g/mol. The van der Waals surface area contributed by atoms with E-state index in [0.29, 0.717) is 5.69 Å². The quantitative estimate of drug-likeness (QED) is 0.157. The van der Waals surface area contributed by atoms with Gasteiger partial charge in [-0.25, -0.2) is 0 Å². The number of azo groups is 1. The van der Waals surface area contributed by atoms with E-state index in [1.54, 1.807) is 24.3 Å². The van der Waals surface area contributed by atoms with Crippen molar-refractivity contribution in [3.8, 4) is 0 Å². The zero-order valence-electron chi connectivity index (χ0n) is 19.5. The monoisotopic (exact) mass is 510 g/mol. The highest BCUT2D eigenvalue weighted by molar-refractivity contribution is 6.10. The van der Waals surface area contributed by atoms with Gasteiger partial charge in [0.25, 0.3) is 23.2 Å². The Labute approximate surface area is 215 Å². The van der Waals surface area contributed by atoms with E-state index in [1.807, 2.05) is 6.07 Å². The molecule has 2 amide bonds. The standard InChI is InChI=1S/C26H18N6O6/c33-25(19-10-4-6-12-23(19)31(35)36)27-18-14-15-21(30-29-17-8-2-1-3-9-17)22(16-18)28-26(34)20-11-5-7-13-24(20)32(37)38/h1-16H,(H,27,33)(H,28,34). The summed E-state index contributed by atoms with van der Waals surface area (Å²) in [6.07, 6.45) is 0. The van der Waals surface area contributed by atoms with Gasteiger partial charge in [0, 0.05) is 17.8 Å². The molecule has 38 heavy (non-hydrogen) atoms. The van der Waals surface area contributed by atoms with Crippen molar-refractivity contribution in [1.29, 1.82) is 0 Å². The number of nitro groups is 2. The lowest BCUT2D eigenvalue weighted by Crippen LogP contribution is -2.16. The number of benzene rings is 4. The highest BCUT2D eigenvalue weighted by Crippen LogP contribution is 2.32. The predicted molar refractivity (Wildman–Crippen MR) is 139 cm³/mol. The molecule has 0 aliphatic heterocycles. The SMILES string of the molecule is O=C(Nc1ccc(N=Nc2ccccc2)c(NC(=O)c2ccccc2[N+](=O)[O-])c1)c1ccccc1[N+](=O)[O-]. The van der Waals surface area contributed by atoms with Crippen LogP contribution in [-0.2, 0) is 0 Å². The van der Waals surface area contributed by atoms with Crippen LogP contribution in [0.4, 0.5) is 34.1 Å². The molecule has 188 valence electrons. The second kappa shape index (κ2) is 11.3. The number of carbonyl (C=O) groups is 2. The third-order valence-corrected chi connectivity index (χ3v) is 5.22. The van der Waals surface area contributed by atoms with Crippen molar-refractivity contribution in [2.45, 2.75) is 0 Å². The summed E-state index contributed by atoms with van der Waals surface area (Å²) >= 11 is 0. The molecule has 0 radical (unpaired) electrons. The molecule has 0 saturated carbocycles. The lowest BCUT2D eigenvalue weighted by molar-refractivity contribution is -0.385. The molecular formula is C26H18N6O6. The first kappa shape index (κ1) is 25.3. The number of nitrogens with one attached hydrogen (secondary N) is 2. The Hall–Kier alpha value is -5.78. The molecule has 0 bridgehead atoms. The number of nitro benzene ring substituents is 2. The largest absolute Gasteiger partial charge is 0.322 e. The van der Waals surface area contributed by atoms with Gasteiger partial charge in [0.2, 0.25) is 0 Å². The minimum absolute atomic E-state index is 0.0909.